The Morgan fingerprint density at radius 2 is 1.71 bits per heavy atom. The second kappa shape index (κ2) is 12.4. The Morgan fingerprint density at radius 1 is 1.03 bits per heavy atom. The maximum atomic E-state index is 13.3. The molecule has 1 aliphatic rings. The van der Waals surface area contributed by atoms with E-state index >= 15 is 0 Å². The number of nitrogens with two attached hydrogens (primary N) is 1. The molecule has 2 aromatic rings. The molecule has 1 heterocycles. The number of carbonyl (C=O) groups is 3. The molecule has 0 radical (unpaired) electrons. The molecular formula is C27H28N4O7. The Labute approximate surface area is 220 Å². The molecule has 0 bridgehead atoms. The van der Waals surface area contributed by atoms with E-state index in [0.29, 0.717) is 11.3 Å². The highest BCUT2D eigenvalue weighted by molar-refractivity contribution is 6.07. The summed E-state index contributed by atoms with van der Waals surface area (Å²) >= 11 is 0. The predicted octanol–water partition coefficient (Wildman–Crippen LogP) is 2.57. The summed E-state index contributed by atoms with van der Waals surface area (Å²) in [6.07, 6.45) is 0. The van der Waals surface area contributed by atoms with Crippen molar-refractivity contribution in [3.05, 3.63) is 76.8 Å². The van der Waals surface area contributed by atoms with Crippen LogP contribution in [-0.2, 0) is 28.6 Å². The molecule has 198 valence electrons. The van der Waals surface area contributed by atoms with Crippen molar-refractivity contribution in [3.63, 3.8) is 0 Å². The van der Waals surface area contributed by atoms with Gasteiger partial charge in [0, 0.05) is 19.7 Å². The Balaban J connectivity index is 2.40. The number of allylic oxidation sites excluding steroid dienone is 1. The van der Waals surface area contributed by atoms with Crippen LogP contribution in [0.3, 0.4) is 0 Å². The van der Waals surface area contributed by atoms with Crippen molar-refractivity contribution in [1.82, 2.24) is 0 Å². The minimum atomic E-state index is -1.02. The van der Waals surface area contributed by atoms with E-state index in [1.165, 1.54) is 32.1 Å². The van der Waals surface area contributed by atoms with E-state index in [0.717, 1.165) is 7.11 Å². The fourth-order valence-corrected chi connectivity index (χ4v) is 4.09. The number of hydrogen-bond donors (Lipinski definition) is 2. The molecule has 3 N–H and O–H groups in total. The van der Waals surface area contributed by atoms with Crippen LogP contribution in [0.25, 0.3) is 0 Å². The van der Waals surface area contributed by atoms with Gasteiger partial charge in [0.25, 0.3) is 0 Å². The summed E-state index contributed by atoms with van der Waals surface area (Å²) < 4.78 is 21.1. The monoisotopic (exact) mass is 520 g/mol. The second-order valence-electron chi connectivity index (χ2n) is 8.04. The summed E-state index contributed by atoms with van der Waals surface area (Å²) in [4.78, 5) is 39.5. The highest BCUT2D eigenvalue weighted by atomic mass is 16.5. The number of nitrogens with one attached hydrogen (secondary N) is 1. The van der Waals surface area contributed by atoms with Gasteiger partial charge in [0.05, 0.1) is 49.6 Å². The van der Waals surface area contributed by atoms with E-state index in [2.05, 4.69) is 11.4 Å². The Morgan fingerprint density at radius 3 is 2.29 bits per heavy atom. The molecule has 38 heavy (non-hydrogen) atoms. The largest absolute Gasteiger partial charge is 0.489 e. The summed E-state index contributed by atoms with van der Waals surface area (Å²) in [5.41, 5.74) is 7.23. The van der Waals surface area contributed by atoms with Crippen molar-refractivity contribution in [2.24, 2.45) is 5.73 Å². The van der Waals surface area contributed by atoms with Gasteiger partial charge >= 0.3 is 11.9 Å². The van der Waals surface area contributed by atoms with Gasteiger partial charge < -0.3 is 30.0 Å². The summed E-state index contributed by atoms with van der Waals surface area (Å²) in [5, 5.41) is 12.9. The molecule has 0 spiro atoms. The van der Waals surface area contributed by atoms with Crippen LogP contribution in [0.1, 0.15) is 18.4 Å². The molecule has 1 unspecified atom stereocenters. The number of hydrogen-bond acceptors (Lipinski definition) is 10. The summed E-state index contributed by atoms with van der Waals surface area (Å²) in [5.74, 6) is -3.02. The summed E-state index contributed by atoms with van der Waals surface area (Å²) in [7, 11) is 3.84. The third kappa shape index (κ3) is 5.61. The molecule has 1 atom stereocenters. The zero-order valence-electron chi connectivity index (χ0n) is 21.4. The zero-order chi connectivity index (χ0) is 27.8. The molecule has 0 aliphatic carbocycles. The molecule has 1 amide bonds. The first-order chi connectivity index (χ1) is 18.3. The second-order valence-corrected chi connectivity index (χ2v) is 8.04. The van der Waals surface area contributed by atoms with Crippen molar-refractivity contribution < 1.29 is 33.3 Å². The number of methoxy groups -OCH3 is 3. The molecule has 3 rings (SSSR count). The number of nitrogens with zero attached hydrogens (tertiary/aromatic N) is 2. The number of rotatable bonds is 9. The van der Waals surface area contributed by atoms with Gasteiger partial charge in [-0.05, 0) is 23.8 Å². The zero-order valence-corrected chi connectivity index (χ0v) is 21.4. The molecule has 1 aliphatic heterocycles. The molecule has 2 aromatic carbocycles. The molecule has 0 saturated heterocycles. The van der Waals surface area contributed by atoms with Crippen molar-refractivity contribution in [2.45, 2.75) is 12.8 Å². The minimum Gasteiger partial charge on any atom is -0.489 e. The highest BCUT2D eigenvalue weighted by Crippen LogP contribution is 2.45. The minimum absolute atomic E-state index is 0.00275. The first kappa shape index (κ1) is 27.8. The fourth-order valence-electron chi connectivity index (χ4n) is 4.09. The van der Waals surface area contributed by atoms with E-state index in [4.69, 9.17) is 24.7 Å². The number of nitriles is 1. The predicted molar refractivity (Wildman–Crippen MR) is 138 cm³/mol. The van der Waals surface area contributed by atoms with Crippen LogP contribution < -0.4 is 20.7 Å². The molecule has 0 saturated carbocycles. The van der Waals surface area contributed by atoms with Gasteiger partial charge in [-0.1, -0.05) is 30.3 Å². The van der Waals surface area contributed by atoms with E-state index < -0.39 is 17.9 Å². The number of esters is 2. The van der Waals surface area contributed by atoms with Gasteiger partial charge in [-0.2, -0.15) is 5.26 Å². The molecule has 11 heteroatoms. The van der Waals surface area contributed by atoms with Gasteiger partial charge in [0.1, 0.15) is 23.9 Å². The molecular weight excluding hydrogens is 492 g/mol. The van der Waals surface area contributed by atoms with Crippen LogP contribution in [0.2, 0.25) is 0 Å². The van der Waals surface area contributed by atoms with E-state index in [1.807, 2.05) is 0 Å². The van der Waals surface area contributed by atoms with Crippen molar-refractivity contribution in [1.29, 1.82) is 5.26 Å². The van der Waals surface area contributed by atoms with Crippen LogP contribution in [0.15, 0.2) is 71.2 Å². The lowest BCUT2D eigenvalue weighted by molar-refractivity contribution is -0.139. The quantitative estimate of drug-likeness (QED) is 0.372. The van der Waals surface area contributed by atoms with Crippen LogP contribution in [0, 0.1) is 11.3 Å². The third-order valence-corrected chi connectivity index (χ3v) is 5.68. The lowest BCUT2D eigenvalue weighted by Gasteiger charge is -2.36. The van der Waals surface area contributed by atoms with Crippen LogP contribution in [0.5, 0.6) is 5.75 Å². The SMILES string of the molecule is COCCOc1ccc(NC(C)=O)cc1N1C(N)=C(C#N)C(c2ccccc2)C(C(=O)OC)=C1C(=O)OC. The van der Waals surface area contributed by atoms with Crippen LogP contribution in [0.4, 0.5) is 11.4 Å². The van der Waals surface area contributed by atoms with E-state index in [-0.39, 0.29) is 53.2 Å². The maximum absolute atomic E-state index is 13.3. The average Bonchev–Trinajstić information content (AvgIpc) is 2.92. The van der Waals surface area contributed by atoms with Gasteiger partial charge in [-0.3, -0.25) is 9.69 Å². The van der Waals surface area contributed by atoms with Crippen molar-refractivity contribution in [3.8, 4) is 11.8 Å². The van der Waals surface area contributed by atoms with Gasteiger partial charge in [-0.25, -0.2) is 9.59 Å². The highest BCUT2D eigenvalue weighted by Gasteiger charge is 2.43. The van der Waals surface area contributed by atoms with Crippen LogP contribution >= 0.6 is 0 Å². The number of amides is 1. The lowest BCUT2D eigenvalue weighted by Crippen LogP contribution is -2.41. The Hall–Kier alpha value is -4.82. The average molecular weight is 521 g/mol. The standard InChI is InChI=1S/C27H28N4O7/c1-16(32)30-18-10-11-21(38-13-12-35-2)20(14-18)31-24(27(34)37-4)23(26(33)36-3)22(19(15-28)25(31)29)17-8-6-5-7-9-17/h5-11,14,22H,12-13,29H2,1-4H3,(H,30,32). The van der Waals surface area contributed by atoms with Crippen molar-refractivity contribution in [2.75, 3.05) is 44.8 Å². The van der Waals surface area contributed by atoms with Gasteiger partial charge in [0.15, 0.2) is 0 Å². The fraction of sp³-hybridized carbons (Fsp3) is 0.259. The summed E-state index contributed by atoms with van der Waals surface area (Å²) in [6, 6.07) is 15.4. The number of carbonyl (C=O) groups excluding carboxylic acids is 3. The van der Waals surface area contributed by atoms with E-state index in [1.54, 1.807) is 42.5 Å². The third-order valence-electron chi connectivity index (χ3n) is 5.68. The summed E-state index contributed by atoms with van der Waals surface area (Å²) in [6.45, 7) is 1.73. The molecule has 0 fully saturated rings. The van der Waals surface area contributed by atoms with E-state index in [9.17, 15) is 19.6 Å². The number of anilines is 2. The maximum Gasteiger partial charge on any atom is 0.355 e. The van der Waals surface area contributed by atoms with Gasteiger partial charge in [0.2, 0.25) is 5.91 Å². The molecule has 11 nitrogen and oxygen atoms in total. The Bertz CT molecular complexity index is 1330. The normalized spacial score (nSPS) is 15.0. The topological polar surface area (TPSA) is 153 Å². The lowest BCUT2D eigenvalue weighted by atomic mass is 9.81. The number of benzene rings is 2. The van der Waals surface area contributed by atoms with Crippen molar-refractivity contribution >= 4 is 29.2 Å². The van der Waals surface area contributed by atoms with Crippen LogP contribution in [-0.4, -0.2) is 52.4 Å². The molecule has 0 aromatic heterocycles. The first-order valence-electron chi connectivity index (χ1n) is 11.5. The van der Waals surface area contributed by atoms with Gasteiger partial charge in [-0.15, -0.1) is 0 Å². The smallest absolute Gasteiger partial charge is 0.355 e. The number of ether oxygens (including phenoxy) is 4. The Kier molecular flexibility index (Phi) is 9.08. The first-order valence-corrected chi connectivity index (χ1v) is 11.5.